The molecule has 0 aliphatic heterocycles. The second-order valence-corrected chi connectivity index (χ2v) is 3.78. The number of non-ortho nitro benzene ring substituents is 1. The summed E-state index contributed by atoms with van der Waals surface area (Å²) in [6.07, 6.45) is 6.37. The Balaban J connectivity index is 2.12. The summed E-state index contributed by atoms with van der Waals surface area (Å²) in [5.41, 5.74) is 1.25. The molecular weight excluding hydrogens is 244 g/mol. The molecule has 0 saturated carbocycles. The minimum Gasteiger partial charge on any atom is -0.289 e. The molecule has 0 aliphatic carbocycles. The number of nitrogens with zero attached hydrogens (tertiary/aromatic N) is 2. The van der Waals surface area contributed by atoms with E-state index in [1.807, 2.05) is 0 Å². The van der Waals surface area contributed by atoms with Gasteiger partial charge in [-0.05, 0) is 35.9 Å². The Morgan fingerprint density at radius 1 is 1.11 bits per heavy atom. The molecule has 5 nitrogen and oxygen atoms in total. The third-order valence-electron chi connectivity index (χ3n) is 2.50. The fourth-order valence-corrected chi connectivity index (χ4v) is 1.49. The van der Waals surface area contributed by atoms with Gasteiger partial charge in [-0.15, -0.1) is 0 Å². The first-order valence-corrected chi connectivity index (χ1v) is 5.54. The maximum atomic E-state index is 11.8. The highest BCUT2D eigenvalue weighted by molar-refractivity contribution is 6.06. The second kappa shape index (κ2) is 5.68. The number of nitro groups is 1. The first-order valence-electron chi connectivity index (χ1n) is 5.54. The normalized spacial score (nSPS) is 10.5. The topological polar surface area (TPSA) is 73.1 Å². The van der Waals surface area contributed by atoms with E-state index < -0.39 is 4.92 Å². The van der Waals surface area contributed by atoms with Crippen LogP contribution in [-0.2, 0) is 0 Å². The van der Waals surface area contributed by atoms with Crippen molar-refractivity contribution in [2.75, 3.05) is 0 Å². The monoisotopic (exact) mass is 254 g/mol. The Morgan fingerprint density at radius 3 is 2.32 bits per heavy atom. The molecule has 94 valence electrons. The lowest BCUT2D eigenvalue weighted by molar-refractivity contribution is -0.384. The Morgan fingerprint density at radius 2 is 1.74 bits per heavy atom. The Hall–Kier alpha value is -2.82. The third-order valence-corrected chi connectivity index (χ3v) is 2.50. The predicted molar refractivity (Wildman–Crippen MR) is 70.7 cm³/mol. The van der Waals surface area contributed by atoms with Gasteiger partial charge in [-0.25, -0.2) is 0 Å². The summed E-state index contributed by atoms with van der Waals surface area (Å²) in [5.74, 6) is -0.202. The van der Waals surface area contributed by atoms with Crippen LogP contribution < -0.4 is 0 Å². The van der Waals surface area contributed by atoms with Crippen molar-refractivity contribution in [3.05, 3.63) is 76.1 Å². The zero-order valence-electron chi connectivity index (χ0n) is 9.89. The highest BCUT2D eigenvalue weighted by Crippen LogP contribution is 2.13. The lowest BCUT2D eigenvalue weighted by Gasteiger charge is -1.96. The van der Waals surface area contributed by atoms with Gasteiger partial charge in [0.1, 0.15) is 0 Å². The quantitative estimate of drug-likeness (QED) is 0.364. The van der Waals surface area contributed by atoms with Crippen LogP contribution in [-0.4, -0.2) is 15.7 Å². The van der Waals surface area contributed by atoms with Crippen molar-refractivity contribution in [3.63, 3.8) is 0 Å². The first-order chi connectivity index (χ1) is 9.16. The van der Waals surface area contributed by atoms with Gasteiger partial charge < -0.3 is 0 Å². The maximum Gasteiger partial charge on any atom is 0.269 e. The van der Waals surface area contributed by atoms with Gasteiger partial charge in [0.2, 0.25) is 0 Å². The summed E-state index contributed by atoms with van der Waals surface area (Å²) in [5, 5.41) is 10.5. The van der Waals surface area contributed by atoms with Gasteiger partial charge in [0.05, 0.1) is 4.92 Å². The molecule has 2 rings (SSSR count). The van der Waals surface area contributed by atoms with Crippen molar-refractivity contribution in [2.45, 2.75) is 0 Å². The van der Waals surface area contributed by atoms with E-state index in [-0.39, 0.29) is 11.5 Å². The average molecular weight is 254 g/mol. The van der Waals surface area contributed by atoms with E-state index in [1.54, 1.807) is 30.6 Å². The molecule has 1 aromatic heterocycles. The minimum absolute atomic E-state index is 0.0327. The number of ketones is 1. The lowest BCUT2D eigenvalue weighted by atomic mass is 10.1. The fourth-order valence-electron chi connectivity index (χ4n) is 1.49. The number of carbonyl (C=O) groups is 1. The van der Waals surface area contributed by atoms with Crippen LogP contribution in [0.3, 0.4) is 0 Å². The van der Waals surface area contributed by atoms with Crippen LogP contribution >= 0.6 is 0 Å². The second-order valence-electron chi connectivity index (χ2n) is 3.78. The summed E-state index contributed by atoms with van der Waals surface area (Å²) < 4.78 is 0. The highest BCUT2D eigenvalue weighted by atomic mass is 16.6. The van der Waals surface area contributed by atoms with Crippen molar-refractivity contribution in [1.82, 2.24) is 4.98 Å². The van der Waals surface area contributed by atoms with Crippen molar-refractivity contribution in [1.29, 1.82) is 0 Å². The van der Waals surface area contributed by atoms with Gasteiger partial charge in [-0.1, -0.05) is 6.08 Å². The number of aromatic nitrogens is 1. The number of nitro benzene ring substituents is 1. The number of allylic oxidation sites excluding steroid dienone is 1. The largest absolute Gasteiger partial charge is 0.289 e. The number of pyridine rings is 1. The van der Waals surface area contributed by atoms with Crippen LogP contribution in [0.4, 0.5) is 5.69 Å². The Bertz CT molecular complexity index is 619. The van der Waals surface area contributed by atoms with E-state index in [0.717, 1.165) is 5.56 Å². The Labute approximate surface area is 109 Å². The van der Waals surface area contributed by atoms with E-state index in [2.05, 4.69) is 4.98 Å². The van der Waals surface area contributed by atoms with Crippen LogP contribution in [0, 0.1) is 10.1 Å². The molecule has 0 saturated heterocycles. The Kier molecular flexibility index (Phi) is 3.78. The zero-order chi connectivity index (χ0) is 13.7. The van der Waals surface area contributed by atoms with Crippen LogP contribution in [0.2, 0.25) is 0 Å². The number of hydrogen-bond donors (Lipinski definition) is 0. The fraction of sp³-hybridized carbons (Fsp3) is 0. The van der Waals surface area contributed by atoms with Crippen molar-refractivity contribution < 1.29 is 9.72 Å². The van der Waals surface area contributed by atoms with E-state index in [0.29, 0.717) is 5.56 Å². The number of hydrogen-bond acceptors (Lipinski definition) is 4. The molecule has 5 heteroatoms. The molecule has 0 N–H and O–H groups in total. The molecule has 0 radical (unpaired) electrons. The maximum absolute atomic E-state index is 11.8. The van der Waals surface area contributed by atoms with Crippen molar-refractivity contribution in [2.24, 2.45) is 0 Å². The van der Waals surface area contributed by atoms with Gasteiger partial charge in [-0.2, -0.15) is 0 Å². The summed E-state index contributed by atoms with van der Waals surface area (Å²) in [6, 6.07) is 9.06. The van der Waals surface area contributed by atoms with E-state index >= 15 is 0 Å². The highest BCUT2D eigenvalue weighted by Gasteiger charge is 2.06. The van der Waals surface area contributed by atoms with Gasteiger partial charge in [0, 0.05) is 30.1 Å². The standard InChI is InChI=1S/C14H10N2O3/c17-14(6-1-11-7-9-15-10-8-11)12-2-4-13(5-3-12)16(18)19/h1-10H/b6-1+. The summed E-state index contributed by atoms with van der Waals surface area (Å²) in [6.45, 7) is 0. The molecule has 0 aliphatic rings. The van der Waals surface area contributed by atoms with Crippen molar-refractivity contribution >= 4 is 17.5 Å². The summed E-state index contributed by atoms with van der Waals surface area (Å²) in [7, 11) is 0. The molecule has 0 bridgehead atoms. The minimum atomic E-state index is -0.499. The molecule has 0 amide bonds. The van der Waals surface area contributed by atoms with E-state index in [1.165, 1.54) is 30.3 Å². The van der Waals surface area contributed by atoms with E-state index in [4.69, 9.17) is 0 Å². The molecular formula is C14H10N2O3. The number of carbonyl (C=O) groups excluding carboxylic acids is 1. The van der Waals surface area contributed by atoms with Crippen LogP contribution in [0.25, 0.3) is 6.08 Å². The van der Waals surface area contributed by atoms with Crippen LogP contribution in [0.1, 0.15) is 15.9 Å². The van der Waals surface area contributed by atoms with Gasteiger partial charge >= 0.3 is 0 Å². The molecule has 1 heterocycles. The molecule has 19 heavy (non-hydrogen) atoms. The van der Waals surface area contributed by atoms with Gasteiger partial charge in [0.25, 0.3) is 5.69 Å². The average Bonchev–Trinajstić information content (AvgIpc) is 2.46. The predicted octanol–water partition coefficient (Wildman–Crippen LogP) is 2.89. The van der Waals surface area contributed by atoms with Crippen LogP contribution in [0.15, 0.2) is 54.9 Å². The lowest BCUT2D eigenvalue weighted by Crippen LogP contribution is -1.95. The van der Waals surface area contributed by atoms with Gasteiger partial charge in [-0.3, -0.25) is 19.9 Å². The van der Waals surface area contributed by atoms with Gasteiger partial charge in [0.15, 0.2) is 5.78 Å². The zero-order valence-corrected chi connectivity index (χ0v) is 9.89. The first kappa shape index (κ1) is 12.6. The molecule has 1 aromatic carbocycles. The number of benzene rings is 1. The SMILES string of the molecule is O=C(/C=C/c1ccncc1)c1ccc([N+](=O)[O-])cc1. The smallest absolute Gasteiger partial charge is 0.269 e. The third kappa shape index (κ3) is 3.32. The molecule has 0 spiro atoms. The molecule has 2 aromatic rings. The molecule has 0 fully saturated rings. The number of rotatable bonds is 4. The van der Waals surface area contributed by atoms with Crippen molar-refractivity contribution in [3.8, 4) is 0 Å². The summed E-state index contributed by atoms with van der Waals surface area (Å²) in [4.78, 5) is 25.7. The molecule has 0 unspecified atom stereocenters. The summed E-state index contributed by atoms with van der Waals surface area (Å²) >= 11 is 0. The van der Waals surface area contributed by atoms with Crippen LogP contribution in [0.5, 0.6) is 0 Å². The van der Waals surface area contributed by atoms with E-state index in [9.17, 15) is 14.9 Å². The molecule has 0 atom stereocenters.